The molecule has 0 aromatic heterocycles. The van der Waals surface area contributed by atoms with Gasteiger partial charge in [-0.25, -0.2) is 0 Å². The Kier molecular flexibility index (Phi) is 5.70. The normalized spacial score (nSPS) is 22.7. The lowest BCUT2D eigenvalue weighted by Crippen LogP contribution is -2.26. The van der Waals surface area contributed by atoms with E-state index in [0.29, 0.717) is 6.04 Å². The van der Waals surface area contributed by atoms with Crippen LogP contribution in [0.15, 0.2) is 28.7 Å². The van der Waals surface area contributed by atoms with E-state index < -0.39 is 5.87 Å². The predicted molar refractivity (Wildman–Crippen MR) is 70.8 cm³/mol. The van der Waals surface area contributed by atoms with Crippen molar-refractivity contribution in [2.45, 2.75) is 25.8 Å². The lowest BCUT2D eigenvalue weighted by atomic mass is 9.98. The number of rotatable bonds is 5. The number of allylic oxidation sites excluding steroid dienone is 2. The van der Waals surface area contributed by atoms with E-state index in [9.17, 15) is 4.79 Å². The molecule has 1 saturated heterocycles. The molecule has 0 aromatic carbocycles. The van der Waals surface area contributed by atoms with Gasteiger partial charge < -0.3 is 10.0 Å². The molecule has 17 heavy (non-hydrogen) atoms. The lowest BCUT2D eigenvalue weighted by molar-refractivity contribution is 0.220. The molecule has 1 aliphatic rings. The number of carbonyl (C=O) groups is 1. The van der Waals surface area contributed by atoms with E-state index in [-0.39, 0.29) is 0 Å². The fourth-order valence-electron chi connectivity index (χ4n) is 2.04. The van der Waals surface area contributed by atoms with E-state index in [4.69, 9.17) is 5.11 Å². The molecule has 0 aliphatic carbocycles. The lowest BCUT2D eigenvalue weighted by Gasteiger charge is -2.20. The van der Waals surface area contributed by atoms with Crippen LogP contribution < -0.4 is 0 Å². The van der Waals surface area contributed by atoms with Gasteiger partial charge >= 0.3 is 7.41 Å². The first-order valence-corrected chi connectivity index (χ1v) is 5.77. The first-order valence-electron chi connectivity index (χ1n) is 5.77. The maximum Gasteiger partial charge on any atom is 0.415 e. The topological polar surface area (TPSA) is 52.9 Å². The summed E-state index contributed by atoms with van der Waals surface area (Å²) in [5, 5.41) is 8.36. The number of nitrogens with zero attached hydrogens (tertiary/aromatic N) is 2. The minimum absolute atomic E-state index is 0.480. The summed E-state index contributed by atoms with van der Waals surface area (Å²) in [6.45, 7) is 3.16. The molecule has 0 saturated carbocycles. The van der Waals surface area contributed by atoms with Crippen LogP contribution in [-0.4, -0.2) is 49.1 Å². The Hall–Kier alpha value is -1.36. The fraction of sp³-hybridized carbons (Fsp3) is 0.500. The van der Waals surface area contributed by atoms with Gasteiger partial charge in [0.05, 0.1) is 0 Å². The zero-order valence-corrected chi connectivity index (χ0v) is 10.3. The third kappa shape index (κ3) is 4.57. The second kappa shape index (κ2) is 7.07. The van der Waals surface area contributed by atoms with Gasteiger partial charge in [0.15, 0.2) is 0 Å². The van der Waals surface area contributed by atoms with E-state index in [1.165, 1.54) is 24.6 Å². The van der Waals surface area contributed by atoms with Gasteiger partial charge in [-0.05, 0) is 45.0 Å². The Balaban J connectivity index is 2.50. The van der Waals surface area contributed by atoms with Crippen LogP contribution in [0, 0.1) is 0 Å². The van der Waals surface area contributed by atoms with Gasteiger partial charge in [-0.1, -0.05) is 12.2 Å². The van der Waals surface area contributed by atoms with Gasteiger partial charge in [0.25, 0.3) is 5.87 Å². The van der Waals surface area contributed by atoms with Crippen molar-refractivity contribution in [1.29, 1.82) is 0 Å². The molecule has 4 nitrogen and oxygen atoms in total. The number of hydrogen-bond donors (Lipinski definition) is 1. The molecule has 1 aliphatic heterocycles. The molecular formula is C12H18BN2O2. The van der Waals surface area contributed by atoms with E-state index in [0.717, 1.165) is 14.0 Å². The summed E-state index contributed by atoms with van der Waals surface area (Å²) in [5.41, 5.74) is 1.26. The molecule has 1 atom stereocenters. The highest BCUT2D eigenvalue weighted by atomic mass is 16.4. The van der Waals surface area contributed by atoms with Crippen molar-refractivity contribution >= 4 is 19.5 Å². The number of carboxylic acid groups (broad SMARTS) is 1. The van der Waals surface area contributed by atoms with Gasteiger partial charge in [-0.15, -0.1) is 0 Å². The fourth-order valence-corrected chi connectivity index (χ4v) is 2.04. The average molecular weight is 233 g/mol. The van der Waals surface area contributed by atoms with E-state index in [2.05, 4.69) is 22.9 Å². The average Bonchev–Trinajstić information content (AvgIpc) is 2.70. The molecule has 1 heterocycles. The van der Waals surface area contributed by atoms with Gasteiger partial charge in [-0.3, -0.25) is 9.69 Å². The van der Waals surface area contributed by atoms with Gasteiger partial charge in [0, 0.05) is 12.3 Å². The minimum atomic E-state index is -1.03. The van der Waals surface area contributed by atoms with Crippen molar-refractivity contribution in [1.82, 2.24) is 4.90 Å². The molecule has 0 aromatic rings. The van der Waals surface area contributed by atoms with Crippen molar-refractivity contribution in [2.24, 2.45) is 4.90 Å². The van der Waals surface area contributed by atoms with Crippen molar-refractivity contribution in [3.05, 3.63) is 23.8 Å². The zero-order chi connectivity index (χ0) is 12.7. The summed E-state index contributed by atoms with van der Waals surface area (Å²) in [7, 11) is 3.00. The molecule has 1 N–H and O–H groups in total. The molecule has 0 unspecified atom stereocenters. The third-order valence-electron chi connectivity index (χ3n) is 2.88. The maximum absolute atomic E-state index is 10.2. The summed E-state index contributed by atoms with van der Waals surface area (Å²) in [6.07, 6.45) is 9.77. The Morgan fingerprint density at radius 1 is 1.59 bits per heavy atom. The highest BCUT2D eigenvalue weighted by Crippen LogP contribution is 2.22. The first-order chi connectivity index (χ1) is 8.15. The first kappa shape index (κ1) is 13.7. The summed E-state index contributed by atoms with van der Waals surface area (Å²) < 4.78 is 0. The Labute approximate surface area is 103 Å². The predicted octanol–water partition coefficient (Wildman–Crippen LogP) is 1.95. The van der Waals surface area contributed by atoms with Gasteiger partial charge in [0.2, 0.25) is 0 Å². The monoisotopic (exact) mass is 233 g/mol. The summed E-state index contributed by atoms with van der Waals surface area (Å²) in [6, 6.07) is 0.480. The molecule has 1 rings (SSSR count). The van der Waals surface area contributed by atoms with E-state index >= 15 is 0 Å². The molecule has 1 fully saturated rings. The Morgan fingerprint density at radius 2 is 2.35 bits per heavy atom. The van der Waals surface area contributed by atoms with Crippen molar-refractivity contribution < 1.29 is 9.90 Å². The second-order valence-electron chi connectivity index (χ2n) is 4.05. The number of likely N-dealkylation sites (tertiary alicyclic amines) is 1. The van der Waals surface area contributed by atoms with Crippen LogP contribution in [0.25, 0.3) is 0 Å². The molecule has 0 bridgehead atoms. The van der Waals surface area contributed by atoms with Crippen LogP contribution in [0.5, 0.6) is 0 Å². The molecule has 1 radical (unpaired) electrons. The number of hydrogen-bond acceptors (Lipinski definition) is 3. The molecule has 91 valence electrons. The summed E-state index contributed by atoms with van der Waals surface area (Å²) in [5.74, 6) is -1.03. The Bertz CT molecular complexity index is 350. The molecule has 0 amide bonds. The standard InChI is InChI=1S/C12H18BN2O2/c1-3-10(11-7-5-9-15(11)2)6-4-8-14-13-12(16)17/h3-4,6,8,11H,5,7,9H2,1-2H3,(H,16,17)/b6-4-,10-3+,14-8?/t11-/m0/s1. The molecule has 5 heteroatoms. The zero-order valence-electron chi connectivity index (χ0n) is 10.3. The van der Waals surface area contributed by atoms with Crippen LogP contribution in [0.4, 0.5) is 4.79 Å². The van der Waals surface area contributed by atoms with Crippen LogP contribution in [0.1, 0.15) is 19.8 Å². The Morgan fingerprint density at radius 3 is 2.88 bits per heavy atom. The number of likely N-dealkylation sites (N-methyl/N-ethyl adjacent to an activating group) is 1. The van der Waals surface area contributed by atoms with Crippen LogP contribution in [0.3, 0.4) is 0 Å². The largest absolute Gasteiger partial charge is 0.488 e. The molecule has 0 spiro atoms. The van der Waals surface area contributed by atoms with Crippen LogP contribution in [-0.2, 0) is 0 Å². The van der Waals surface area contributed by atoms with E-state index in [1.807, 2.05) is 13.0 Å². The minimum Gasteiger partial charge on any atom is -0.488 e. The van der Waals surface area contributed by atoms with Crippen molar-refractivity contribution in [2.75, 3.05) is 13.6 Å². The van der Waals surface area contributed by atoms with Crippen LogP contribution in [0.2, 0.25) is 0 Å². The van der Waals surface area contributed by atoms with Crippen molar-refractivity contribution in [3.8, 4) is 0 Å². The maximum atomic E-state index is 10.2. The second-order valence-corrected chi connectivity index (χ2v) is 4.05. The van der Waals surface area contributed by atoms with E-state index in [1.54, 1.807) is 6.08 Å². The molecular weight excluding hydrogens is 215 g/mol. The van der Waals surface area contributed by atoms with Gasteiger partial charge in [0.1, 0.15) is 0 Å². The highest BCUT2D eigenvalue weighted by Gasteiger charge is 2.22. The third-order valence-corrected chi connectivity index (χ3v) is 2.88. The van der Waals surface area contributed by atoms with Crippen molar-refractivity contribution in [3.63, 3.8) is 0 Å². The highest BCUT2D eigenvalue weighted by molar-refractivity contribution is 6.70. The SMILES string of the molecule is C/C=C(\C=C/C=N[B]C(=O)O)[C@@H]1CCCN1C. The quantitative estimate of drug-likeness (QED) is 0.448. The summed E-state index contributed by atoms with van der Waals surface area (Å²) >= 11 is 0. The summed E-state index contributed by atoms with van der Waals surface area (Å²) in [4.78, 5) is 16.2. The smallest absolute Gasteiger partial charge is 0.415 e. The van der Waals surface area contributed by atoms with Crippen LogP contribution >= 0.6 is 0 Å². The van der Waals surface area contributed by atoms with Gasteiger partial charge in [-0.2, -0.15) is 0 Å².